The number of likely N-dealkylation sites (N-methyl/N-ethyl adjacent to an activating group) is 1. The fraction of sp³-hybridized carbons (Fsp3) is 0.414. The molecule has 2 aromatic carbocycles. The number of pyridine rings is 1. The SMILES string of the molecule is C#Cc1c(F)ccc2cc(O)cc(C3CC4CN(c5cc(Cl)nc(OC[C@@H]6CCCN6C)c5)CC3N4F)c12. The Balaban J connectivity index is 1.29. The quantitative estimate of drug-likeness (QED) is 0.276. The number of aromatic hydroxyl groups is 1. The summed E-state index contributed by atoms with van der Waals surface area (Å²) in [6.45, 7) is 2.42. The molecule has 6 rings (SSSR count). The van der Waals surface area contributed by atoms with Gasteiger partial charge in [0, 0.05) is 42.2 Å². The number of hydrogen-bond donors (Lipinski definition) is 1. The van der Waals surface area contributed by atoms with Crippen LogP contribution in [0.3, 0.4) is 0 Å². The summed E-state index contributed by atoms with van der Waals surface area (Å²) in [6, 6.07) is 9.13. The number of likely N-dealkylation sites (tertiary alicyclic amines) is 1. The lowest BCUT2D eigenvalue weighted by molar-refractivity contribution is -0.0394. The molecule has 9 heteroatoms. The van der Waals surface area contributed by atoms with Gasteiger partial charge in [0.25, 0.3) is 0 Å². The van der Waals surface area contributed by atoms with Gasteiger partial charge in [-0.3, -0.25) is 0 Å². The van der Waals surface area contributed by atoms with Gasteiger partial charge < -0.3 is 19.6 Å². The van der Waals surface area contributed by atoms with Gasteiger partial charge in [0.1, 0.15) is 23.3 Å². The second-order valence-electron chi connectivity index (χ2n) is 10.6. The van der Waals surface area contributed by atoms with Crippen molar-refractivity contribution in [3.05, 3.63) is 58.5 Å². The Morgan fingerprint density at radius 3 is 2.84 bits per heavy atom. The van der Waals surface area contributed by atoms with Crippen LogP contribution in [0.15, 0.2) is 36.4 Å². The molecule has 3 unspecified atom stereocenters. The van der Waals surface area contributed by atoms with Gasteiger partial charge in [0.05, 0.1) is 17.6 Å². The van der Waals surface area contributed by atoms with Crippen molar-refractivity contribution in [2.24, 2.45) is 0 Å². The number of anilines is 1. The molecule has 3 aliphatic rings. The first kappa shape index (κ1) is 25.2. The van der Waals surface area contributed by atoms with E-state index in [1.54, 1.807) is 24.3 Å². The number of halogens is 3. The minimum absolute atomic E-state index is 0.0430. The monoisotopic (exact) mass is 538 g/mol. The van der Waals surface area contributed by atoms with E-state index in [-0.39, 0.29) is 23.3 Å². The van der Waals surface area contributed by atoms with Crippen LogP contribution in [0.5, 0.6) is 11.6 Å². The minimum atomic E-state index is -0.518. The van der Waals surface area contributed by atoms with Crippen LogP contribution in [0.1, 0.15) is 36.3 Å². The van der Waals surface area contributed by atoms with Crippen molar-refractivity contribution in [1.82, 2.24) is 15.0 Å². The highest BCUT2D eigenvalue weighted by atomic mass is 35.5. The maximum Gasteiger partial charge on any atom is 0.216 e. The number of fused-ring (bicyclic) bond motifs is 3. The van der Waals surface area contributed by atoms with E-state index in [4.69, 9.17) is 22.8 Å². The molecule has 38 heavy (non-hydrogen) atoms. The van der Waals surface area contributed by atoms with Gasteiger partial charge >= 0.3 is 0 Å². The molecule has 3 saturated heterocycles. The average Bonchev–Trinajstić information content (AvgIpc) is 3.36. The number of aromatic nitrogens is 1. The molecule has 6 nitrogen and oxygen atoms in total. The molecule has 4 atom stereocenters. The number of phenolic OH excluding ortho intramolecular Hbond substituents is 1. The maximum atomic E-state index is 15.5. The highest BCUT2D eigenvalue weighted by molar-refractivity contribution is 6.29. The maximum absolute atomic E-state index is 15.5. The van der Waals surface area contributed by atoms with Gasteiger partial charge in [-0.05, 0) is 68.1 Å². The fourth-order valence-electron chi connectivity index (χ4n) is 6.43. The van der Waals surface area contributed by atoms with E-state index in [1.807, 2.05) is 6.07 Å². The van der Waals surface area contributed by atoms with Crippen LogP contribution in [0, 0.1) is 18.2 Å². The van der Waals surface area contributed by atoms with Crippen LogP contribution in [0.25, 0.3) is 10.8 Å². The number of benzene rings is 2. The first-order chi connectivity index (χ1) is 18.3. The lowest BCUT2D eigenvalue weighted by Gasteiger charge is -2.38. The van der Waals surface area contributed by atoms with Crippen LogP contribution in [-0.4, -0.2) is 71.5 Å². The summed E-state index contributed by atoms with van der Waals surface area (Å²) in [4.78, 5) is 8.73. The topological polar surface area (TPSA) is 52.1 Å². The molecule has 0 aliphatic carbocycles. The standard InChI is InChI=1S/C29H29ClF2N4O2/c1-3-22-25(31)7-6-17-9-21(37)13-24(29(17)22)23-10-20-14-35(15-26(23)36(20)32)19-11-27(30)33-28(12-19)38-16-18-5-4-8-34(18)2/h1,6-7,9,11-13,18,20,23,26,37H,4-5,8,10,14-16H2,2H3/t18-,20?,23?,26?/m0/s1. The van der Waals surface area contributed by atoms with E-state index in [9.17, 15) is 9.50 Å². The van der Waals surface area contributed by atoms with E-state index in [2.05, 4.69) is 27.8 Å². The number of rotatable bonds is 5. The average molecular weight is 539 g/mol. The number of terminal acetylenes is 1. The van der Waals surface area contributed by atoms with Gasteiger partial charge in [0.2, 0.25) is 5.88 Å². The van der Waals surface area contributed by atoms with Crippen LogP contribution in [0.2, 0.25) is 5.15 Å². The second-order valence-corrected chi connectivity index (χ2v) is 11.0. The molecule has 0 saturated carbocycles. The summed E-state index contributed by atoms with van der Waals surface area (Å²) in [7, 11) is 2.09. The molecule has 3 fully saturated rings. The highest BCUT2D eigenvalue weighted by Gasteiger charge is 2.48. The molecular weight excluding hydrogens is 510 g/mol. The van der Waals surface area contributed by atoms with Gasteiger partial charge in [-0.25, -0.2) is 9.37 Å². The third-order valence-electron chi connectivity index (χ3n) is 8.34. The summed E-state index contributed by atoms with van der Waals surface area (Å²) in [6.07, 6.45) is 8.42. The summed E-state index contributed by atoms with van der Waals surface area (Å²) in [5.41, 5.74) is 1.62. The van der Waals surface area contributed by atoms with Crippen molar-refractivity contribution in [3.8, 4) is 24.0 Å². The minimum Gasteiger partial charge on any atom is -0.508 e. The van der Waals surface area contributed by atoms with E-state index >= 15 is 4.48 Å². The molecule has 0 radical (unpaired) electrons. The zero-order valence-corrected chi connectivity index (χ0v) is 21.8. The molecule has 0 amide bonds. The fourth-order valence-corrected chi connectivity index (χ4v) is 6.62. The molecular formula is C29H29ClF2N4O2. The second kappa shape index (κ2) is 9.88. The van der Waals surface area contributed by atoms with Crippen LogP contribution in [-0.2, 0) is 0 Å². The van der Waals surface area contributed by atoms with Crippen molar-refractivity contribution in [2.75, 3.05) is 38.2 Å². The van der Waals surface area contributed by atoms with E-state index in [0.717, 1.165) is 30.2 Å². The largest absolute Gasteiger partial charge is 0.508 e. The summed E-state index contributed by atoms with van der Waals surface area (Å²) in [5, 5.41) is 12.9. The predicted molar refractivity (Wildman–Crippen MR) is 144 cm³/mol. The van der Waals surface area contributed by atoms with Crippen molar-refractivity contribution in [2.45, 2.75) is 43.3 Å². The van der Waals surface area contributed by atoms with Crippen molar-refractivity contribution in [1.29, 1.82) is 0 Å². The molecule has 3 aromatic rings. The van der Waals surface area contributed by atoms with Crippen LogP contribution < -0.4 is 9.64 Å². The Bertz CT molecular complexity index is 1430. The Kier molecular flexibility index (Phi) is 6.55. The number of phenols is 1. The highest BCUT2D eigenvalue weighted by Crippen LogP contribution is 2.46. The lowest BCUT2D eigenvalue weighted by Crippen LogP contribution is -2.51. The third kappa shape index (κ3) is 4.43. The smallest absolute Gasteiger partial charge is 0.216 e. The zero-order valence-electron chi connectivity index (χ0n) is 21.1. The molecule has 4 heterocycles. The van der Waals surface area contributed by atoms with Gasteiger partial charge in [-0.1, -0.05) is 23.6 Å². The van der Waals surface area contributed by atoms with Crippen molar-refractivity contribution >= 4 is 28.1 Å². The van der Waals surface area contributed by atoms with Crippen molar-refractivity contribution < 1.29 is 18.7 Å². The summed E-state index contributed by atoms with van der Waals surface area (Å²) < 4.78 is 36.1. The number of nitrogens with zero attached hydrogens (tertiary/aromatic N) is 4. The van der Waals surface area contributed by atoms with Crippen molar-refractivity contribution in [3.63, 3.8) is 0 Å². The summed E-state index contributed by atoms with van der Waals surface area (Å²) >= 11 is 6.37. The number of hydrogen-bond acceptors (Lipinski definition) is 6. The number of piperazine rings is 1. The Morgan fingerprint density at radius 1 is 1.24 bits per heavy atom. The van der Waals surface area contributed by atoms with Gasteiger partial charge in [-0.2, -0.15) is 0 Å². The van der Waals surface area contributed by atoms with E-state index in [0.29, 0.717) is 59.5 Å². The van der Waals surface area contributed by atoms with E-state index < -0.39 is 11.9 Å². The first-order valence-electron chi connectivity index (χ1n) is 12.9. The van der Waals surface area contributed by atoms with E-state index in [1.165, 1.54) is 6.07 Å². The molecule has 0 spiro atoms. The van der Waals surface area contributed by atoms with Crippen LogP contribution >= 0.6 is 11.6 Å². The lowest BCUT2D eigenvalue weighted by atomic mass is 9.85. The summed E-state index contributed by atoms with van der Waals surface area (Å²) in [5.74, 6) is 2.16. The Labute approximate surface area is 225 Å². The van der Waals surface area contributed by atoms with Gasteiger partial charge in [-0.15, -0.1) is 16.0 Å². The normalized spacial score (nSPS) is 25.7. The van der Waals surface area contributed by atoms with Gasteiger partial charge in [0.15, 0.2) is 0 Å². The van der Waals surface area contributed by atoms with Crippen LogP contribution in [0.4, 0.5) is 14.6 Å². The molecule has 1 aromatic heterocycles. The number of ether oxygens (including phenoxy) is 1. The third-order valence-corrected chi connectivity index (χ3v) is 8.53. The molecule has 2 bridgehead atoms. The molecule has 198 valence electrons. The first-order valence-corrected chi connectivity index (χ1v) is 13.3. The Hall–Kier alpha value is -3.12. The Morgan fingerprint density at radius 2 is 2.08 bits per heavy atom. The molecule has 1 N–H and O–H groups in total. The molecule has 3 aliphatic heterocycles. The zero-order chi connectivity index (χ0) is 26.6. The predicted octanol–water partition coefficient (Wildman–Crippen LogP) is 5.12.